The molecule has 0 aromatic carbocycles. The SMILES string of the molecule is O=C(O)N[C@@]12C[C@@H]1CN(c1nc(Cl)nc3c(F)c(Cl)ncc13)C2. The predicted molar refractivity (Wildman–Crippen MR) is 81.5 cm³/mol. The second-order valence-electron chi connectivity index (χ2n) is 5.81. The Morgan fingerprint density at radius 1 is 1.48 bits per heavy atom. The fraction of sp³-hybridized carbons (Fsp3) is 0.385. The van der Waals surface area contributed by atoms with Gasteiger partial charge in [-0.15, -0.1) is 0 Å². The molecule has 0 spiro atoms. The highest BCUT2D eigenvalue weighted by Gasteiger charge is 2.61. The number of hydrogen-bond donors (Lipinski definition) is 2. The lowest BCUT2D eigenvalue weighted by Crippen LogP contribution is -2.41. The van der Waals surface area contributed by atoms with Crippen LogP contribution in [0.4, 0.5) is 15.0 Å². The second kappa shape index (κ2) is 4.78. The highest BCUT2D eigenvalue weighted by Crippen LogP contribution is 2.51. The zero-order valence-corrected chi connectivity index (χ0v) is 13.1. The van der Waals surface area contributed by atoms with Crippen LogP contribution in [0.15, 0.2) is 6.20 Å². The summed E-state index contributed by atoms with van der Waals surface area (Å²) in [4.78, 5) is 24.7. The van der Waals surface area contributed by atoms with Crippen molar-refractivity contribution in [2.24, 2.45) is 5.92 Å². The van der Waals surface area contributed by atoms with Gasteiger partial charge in [0.15, 0.2) is 11.0 Å². The first-order valence-corrected chi connectivity index (χ1v) is 7.58. The molecule has 0 bridgehead atoms. The number of aromatic nitrogens is 3. The topological polar surface area (TPSA) is 91.2 Å². The Hall–Kier alpha value is -1.93. The van der Waals surface area contributed by atoms with Crippen molar-refractivity contribution in [2.45, 2.75) is 12.0 Å². The van der Waals surface area contributed by atoms with Crippen LogP contribution in [0.3, 0.4) is 0 Å². The molecule has 2 aliphatic rings. The molecule has 7 nitrogen and oxygen atoms in total. The van der Waals surface area contributed by atoms with E-state index in [0.717, 1.165) is 6.42 Å². The summed E-state index contributed by atoms with van der Waals surface area (Å²) in [6.45, 7) is 1.05. The van der Waals surface area contributed by atoms with Gasteiger partial charge in [0.05, 0.1) is 10.9 Å². The summed E-state index contributed by atoms with van der Waals surface area (Å²) in [5.74, 6) is -0.119. The Kier molecular flexibility index (Phi) is 3.05. The van der Waals surface area contributed by atoms with Gasteiger partial charge in [-0.25, -0.2) is 19.2 Å². The van der Waals surface area contributed by atoms with E-state index in [4.69, 9.17) is 28.3 Å². The van der Waals surface area contributed by atoms with Gasteiger partial charge in [0.2, 0.25) is 5.28 Å². The largest absolute Gasteiger partial charge is 0.465 e. The molecule has 1 saturated carbocycles. The van der Waals surface area contributed by atoms with Crippen LogP contribution in [0.1, 0.15) is 6.42 Å². The summed E-state index contributed by atoms with van der Waals surface area (Å²) in [5.41, 5.74) is -0.464. The van der Waals surface area contributed by atoms with Gasteiger partial charge < -0.3 is 15.3 Å². The van der Waals surface area contributed by atoms with Gasteiger partial charge in [0.25, 0.3) is 0 Å². The van der Waals surface area contributed by atoms with Gasteiger partial charge in [-0.2, -0.15) is 4.98 Å². The van der Waals surface area contributed by atoms with Crippen LogP contribution in [0.2, 0.25) is 10.4 Å². The Balaban J connectivity index is 1.76. The molecule has 120 valence electrons. The number of halogens is 3. The molecule has 2 aromatic heterocycles. The van der Waals surface area contributed by atoms with Crippen LogP contribution in [0.5, 0.6) is 0 Å². The Bertz CT molecular complexity index is 851. The third-order valence-corrected chi connectivity index (χ3v) is 4.83. The molecule has 2 atom stereocenters. The summed E-state index contributed by atoms with van der Waals surface area (Å²) < 4.78 is 14.1. The molecule has 1 amide bonds. The zero-order chi connectivity index (χ0) is 16.4. The Morgan fingerprint density at radius 2 is 2.26 bits per heavy atom. The first-order chi connectivity index (χ1) is 10.9. The van der Waals surface area contributed by atoms with E-state index >= 15 is 0 Å². The average molecular weight is 358 g/mol. The predicted octanol–water partition coefficient (Wildman–Crippen LogP) is 2.32. The maximum absolute atomic E-state index is 14.1. The quantitative estimate of drug-likeness (QED) is 0.633. The number of nitrogens with zero attached hydrogens (tertiary/aromatic N) is 4. The molecule has 1 aliphatic heterocycles. The monoisotopic (exact) mass is 357 g/mol. The van der Waals surface area contributed by atoms with E-state index in [1.807, 2.05) is 4.90 Å². The van der Waals surface area contributed by atoms with Gasteiger partial charge in [0, 0.05) is 25.2 Å². The molecule has 1 aliphatic carbocycles. The van der Waals surface area contributed by atoms with Gasteiger partial charge in [-0.05, 0) is 18.0 Å². The minimum atomic E-state index is -1.06. The first kappa shape index (κ1) is 14.6. The maximum Gasteiger partial charge on any atom is 0.405 e. The van der Waals surface area contributed by atoms with Gasteiger partial charge in [-0.1, -0.05) is 11.6 Å². The van der Waals surface area contributed by atoms with E-state index in [2.05, 4.69) is 20.3 Å². The molecule has 0 radical (unpaired) electrons. The van der Waals surface area contributed by atoms with E-state index in [-0.39, 0.29) is 21.9 Å². The molecule has 3 heterocycles. The van der Waals surface area contributed by atoms with Crippen LogP contribution in [0, 0.1) is 11.7 Å². The fourth-order valence-corrected chi connectivity index (χ4v) is 3.59. The average Bonchev–Trinajstić information content (AvgIpc) is 3.01. The van der Waals surface area contributed by atoms with E-state index in [1.54, 1.807) is 0 Å². The number of nitrogens with one attached hydrogen (secondary N) is 1. The molecular weight excluding hydrogens is 348 g/mol. The summed E-state index contributed by atoms with van der Waals surface area (Å²) in [6, 6.07) is 0. The standard InChI is InChI=1S/C13H10Cl2FN5O2/c14-9-7(16)8-6(2-17-9)10(19-11(15)18-8)21-3-5-1-13(5,4-21)20-12(22)23/h2,5,20H,1,3-4H2,(H,22,23)/t5-,13-/m1/s1. The normalized spacial score (nSPS) is 25.5. The van der Waals surface area contributed by atoms with Crippen LogP contribution in [0.25, 0.3) is 10.9 Å². The van der Waals surface area contributed by atoms with Crippen molar-refractivity contribution in [1.29, 1.82) is 0 Å². The lowest BCUT2D eigenvalue weighted by Gasteiger charge is -2.23. The second-order valence-corrected chi connectivity index (χ2v) is 6.51. The summed E-state index contributed by atoms with van der Waals surface area (Å²) >= 11 is 11.6. The van der Waals surface area contributed by atoms with Crippen molar-refractivity contribution in [3.05, 3.63) is 22.5 Å². The minimum Gasteiger partial charge on any atom is -0.465 e. The number of hydrogen-bond acceptors (Lipinski definition) is 5. The van der Waals surface area contributed by atoms with Crippen molar-refractivity contribution < 1.29 is 14.3 Å². The minimum absolute atomic E-state index is 0.000757. The van der Waals surface area contributed by atoms with Crippen molar-refractivity contribution in [1.82, 2.24) is 20.3 Å². The number of pyridine rings is 1. The molecule has 2 fully saturated rings. The molecule has 0 unspecified atom stereocenters. The number of rotatable bonds is 2. The molecule has 4 rings (SSSR count). The highest BCUT2D eigenvalue weighted by molar-refractivity contribution is 6.30. The van der Waals surface area contributed by atoms with Crippen molar-refractivity contribution in [2.75, 3.05) is 18.0 Å². The highest BCUT2D eigenvalue weighted by atomic mass is 35.5. The fourth-order valence-electron chi connectivity index (χ4n) is 3.29. The maximum atomic E-state index is 14.1. The van der Waals surface area contributed by atoms with Crippen LogP contribution in [-0.2, 0) is 0 Å². The molecular formula is C13H10Cl2FN5O2. The van der Waals surface area contributed by atoms with Crippen molar-refractivity contribution in [3.8, 4) is 0 Å². The molecule has 23 heavy (non-hydrogen) atoms. The van der Waals surface area contributed by atoms with Gasteiger partial charge in [-0.3, -0.25) is 0 Å². The van der Waals surface area contributed by atoms with Gasteiger partial charge >= 0.3 is 6.09 Å². The number of carboxylic acid groups (broad SMARTS) is 1. The van der Waals surface area contributed by atoms with Crippen LogP contribution in [-0.4, -0.2) is 44.8 Å². The lowest BCUT2D eigenvalue weighted by atomic mass is 10.2. The number of anilines is 1. The number of carbonyl (C=O) groups is 1. The summed E-state index contributed by atoms with van der Waals surface area (Å²) in [7, 11) is 0. The summed E-state index contributed by atoms with van der Waals surface area (Å²) in [6.07, 6.45) is 1.12. The van der Waals surface area contributed by atoms with Crippen LogP contribution >= 0.6 is 23.2 Å². The van der Waals surface area contributed by atoms with E-state index < -0.39 is 17.4 Å². The zero-order valence-electron chi connectivity index (χ0n) is 11.6. The first-order valence-electron chi connectivity index (χ1n) is 6.83. The van der Waals surface area contributed by atoms with E-state index in [9.17, 15) is 9.18 Å². The third-order valence-electron chi connectivity index (χ3n) is 4.40. The number of amides is 1. The van der Waals surface area contributed by atoms with E-state index in [1.165, 1.54) is 6.20 Å². The van der Waals surface area contributed by atoms with Crippen LogP contribution < -0.4 is 10.2 Å². The summed E-state index contributed by atoms with van der Waals surface area (Å²) in [5, 5.41) is 11.5. The van der Waals surface area contributed by atoms with Crippen molar-refractivity contribution >= 4 is 46.0 Å². The molecule has 2 aromatic rings. The Labute approximate surface area is 139 Å². The third kappa shape index (κ3) is 2.24. The van der Waals surface area contributed by atoms with E-state index in [0.29, 0.717) is 24.3 Å². The van der Waals surface area contributed by atoms with Gasteiger partial charge in [0.1, 0.15) is 11.3 Å². The van der Waals surface area contributed by atoms with Crippen molar-refractivity contribution in [3.63, 3.8) is 0 Å². The number of piperidine rings is 1. The molecule has 1 saturated heterocycles. The molecule has 2 N–H and O–H groups in total. The smallest absolute Gasteiger partial charge is 0.405 e. The Morgan fingerprint density at radius 3 is 3.00 bits per heavy atom. The molecule has 10 heteroatoms. The lowest BCUT2D eigenvalue weighted by molar-refractivity contribution is 0.188. The number of fused-ring (bicyclic) bond motifs is 2.